The highest BCUT2D eigenvalue weighted by Gasteiger charge is 2.52. The Morgan fingerprint density at radius 1 is 1.33 bits per heavy atom. The van der Waals surface area contributed by atoms with E-state index >= 15 is 4.39 Å². The number of hydrogen-bond donors (Lipinski definition) is 2. The summed E-state index contributed by atoms with van der Waals surface area (Å²) < 4.78 is 70.5. The lowest BCUT2D eigenvalue weighted by atomic mass is 9.74. The van der Waals surface area contributed by atoms with E-state index < -0.39 is 58.8 Å². The second-order valence-corrected chi connectivity index (χ2v) is 7.67. The predicted octanol–water partition coefficient (Wildman–Crippen LogP) is 2.75. The molecule has 0 spiro atoms. The molecule has 0 bridgehead atoms. The number of benzene rings is 1. The van der Waals surface area contributed by atoms with E-state index in [2.05, 4.69) is 20.0 Å². The molecule has 1 fully saturated rings. The Balaban J connectivity index is 2.15. The molecule has 2 aromatic rings. The minimum atomic E-state index is -4.63. The minimum Gasteiger partial charge on any atom is -0.454 e. The summed E-state index contributed by atoms with van der Waals surface area (Å²) in [5.74, 6) is -4.35. The van der Waals surface area contributed by atoms with Crippen LogP contribution in [0.3, 0.4) is 0 Å². The number of ether oxygens (including phenoxy) is 1. The van der Waals surface area contributed by atoms with Crippen LogP contribution in [0.2, 0.25) is 5.02 Å². The summed E-state index contributed by atoms with van der Waals surface area (Å²) >= 11 is 5.73. The quantitative estimate of drug-likeness (QED) is 0.491. The van der Waals surface area contributed by atoms with Crippen LogP contribution < -0.4 is 15.8 Å². The molecule has 1 unspecified atom stereocenters. The van der Waals surface area contributed by atoms with Gasteiger partial charge in [0.05, 0.1) is 0 Å². The smallest absolute Gasteiger partial charge is 0.422 e. The number of rotatable bonds is 5. The normalized spacial score (nSPS) is 19.7. The van der Waals surface area contributed by atoms with Crippen LogP contribution in [0.5, 0.6) is 6.01 Å². The van der Waals surface area contributed by atoms with E-state index in [4.69, 9.17) is 17.3 Å². The minimum absolute atomic E-state index is 0.00161. The van der Waals surface area contributed by atoms with Crippen LogP contribution in [-0.2, 0) is 4.79 Å². The van der Waals surface area contributed by atoms with Gasteiger partial charge in [-0.05, 0) is 18.6 Å². The zero-order valence-electron chi connectivity index (χ0n) is 16.9. The molecule has 14 heteroatoms. The molecule has 0 aliphatic carbocycles. The van der Waals surface area contributed by atoms with Crippen molar-refractivity contribution in [2.75, 3.05) is 19.7 Å². The zero-order valence-corrected chi connectivity index (χ0v) is 17.7. The van der Waals surface area contributed by atoms with Crippen molar-refractivity contribution >= 4 is 23.5 Å². The average molecular weight is 494 g/mol. The molecule has 1 aliphatic heterocycles. The molecule has 3 rings (SSSR count). The Kier molecular flexibility index (Phi) is 6.63. The molecule has 2 atom stereocenters. The van der Waals surface area contributed by atoms with Crippen molar-refractivity contribution in [3.05, 3.63) is 52.3 Å². The molecule has 8 nitrogen and oxygen atoms in total. The van der Waals surface area contributed by atoms with Gasteiger partial charge in [0.2, 0.25) is 5.91 Å². The average Bonchev–Trinajstić information content (AvgIpc) is 2.74. The highest BCUT2D eigenvalue weighted by molar-refractivity contribution is 6.31. The van der Waals surface area contributed by atoms with Gasteiger partial charge in [-0.25, -0.2) is 23.5 Å². The summed E-state index contributed by atoms with van der Waals surface area (Å²) in [5.41, 5.74) is 3.32. The first-order chi connectivity index (χ1) is 15.4. The number of nitrogens with one attached hydrogen (secondary N) is 1. The van der Waals surface area contributed by atoms with Gasteiger partial charge >= 0.3 is 18.2 Å². The molecule has 2 heterocycles. The van der Waals surface area contributed by atoms with Gasteiger partial charge < -0.3 is 20.7 Å². The molecule has 0 radical (unpaired) electrons. The van der Waals surface area contributed by atoms with Crippen LogP contribution in [0.25, 0.3) is 0 Å². The first kappa shape index (κ1) is 24.4. The maximum absolute atomic E-state index is 15.1. The van der Waals surface area contributed by atoms with Crippen LogP contribution in [0.15, 0.2) is 24.5 Å². The number of aromatic nitrogens is 2. The van der Waals surface area contributed by atoms with Gasteiger partial charge in [-0.1, -0.05) is 17.7 Å². The van der Waals surface area contributed by atoms with E-state index in [9.17, 15) is 27.2 Å². The second kappa shape index (κ2) is 8.96. The van der Waals surface area contributed by atoms with Gasteiger partial charge in [0.25, 0.3) is 0 Å². The van der Waals surface area contributed by atoms with Gasteiger partial charge in [0.15, 0.2) is 6.61 Å². The number of hydrogen-bond acceptors (Lipinski definition) is 5. The van der Waals surface area contributed by atoms with Crippen molar-refractivity contribution < 1.29 is 36.3 Å². The topological polar surface area (TPSA) is 110 Å². The van der Waals surface area contributed by atoms with Crippen LogP contribution in [-0.4, -0.2) is 58.2 Å². The third-order valence-electron chi connectivity index (χ3n) is 5.19. The summed E-state index contributed by atoms with van der Waals surface area (Å²) in [5, 5.41) is 1.71. The number of piperazine rings is 1. The van der Waals surface area contributed by atoms with E-state index in [1.54, 1.807) is 0 Å². The van der Waals surface area contributed by atoms with E-state index in [0.717, 1.165) is 29.4 Å². The molecule has 1 aliphatic rings. The first-order valence-corrected chi connectivity index (χ1v) is 9.74. The van der Waals surface area contributed by atoms with Crippen molar-refractivity contribution in [1.29, 1.82) is 0 Å². The Morgan fingerprint density at radius 2 is 1.97 bits per heavy atom. The molecule has 3 N–H and O–H groups in total. The molecule has 1 aromatic carbocycles. The van der Waals surface area contributed by atoms with Crippen molar-refractivity contribution in [3.63, 3.8) is 0 Å². The maximum Gasteiger partial charge on any atom is 0.422 e. The van der Waals surface area contributed by atoms with Crippen LogP contribution in [0.4, 0.5) is 26.7 Å². The summed E-state index contributed by atoms with van der Waals surface area (Å²) in [6.45, 7) is -0.301. The summed E-state index contributed by atoms with van der Waals surface area (Å²) in [4.78, 5) is 33.5. The number of nitrogens with zero attached hydrogens (tertiary/aromatic N) is 3. The van der Waals surface area contributed by atoms with Crippen molar-refractivity contribution in [2.24, 2.45) is 5.73 Å². The molecular weight excluding hydrogens is 477 g/mol. The molecule has 1 aromatic heterocycles. The number of halogens is 6. The highest BCUT2D eigenvalue weighted by Crippen LogP contribution is 2.42. The zero-order chi connectivity index (χ0) is 24.6. The second-order valence-electron chi connectivity index (χ2n) is 7.29. The number of primary amides is 1. The fourth-order valence-electron chi connectivity index (χ4n) is 3.71. The Hall–Kier alpha value is -3.22. The van der Waals surface area contributed by atoms with E-state index in [1.807, 2.05) is 0 Å². The lowest BCUT2D eigenvalue weighted by Gasteiger charge is -2.47. The summed E-state index contributed by atoms with van der Waals surface area (Å²) in [7, 11) is 0. The summed E-state index contributed by atoms with van der Waals surface area (Å²) in [6.07, 6.45) is -2.62. The van der Waals surface area contributed by atoms with E-state index in [-0.39, 0.29) is 24.2 Å². The monoisotopic (exact) mass is 493 g/mol. The lowest BCUT2D eigenvalue weighted by Crippen LogP contribution is -2.68. The van der Waals surface area contributed by atoms with E-state index in [0.29, 0.717) is 0 Å². The molecule has 33 heavy (non-hydrogen) atoms. The van der Waals surface area contributed by atoms with Crippen LogP contribution in [0.1, 0.15) is 24.0 Å². The number of carbonyl (C=O) groups excluding carboxylic acids is 2. The third kappa shape index (κ3) is 4.77. The standard InChI is InChI=1S/C19H17ClF5N5O3/c1-18(15(31)27-4-5-30(18)16(26)32)12(10-2-3-11(21)13(20)14(10)22)9-6-28-17(29-7-9)33-8-19(23,24)25/h2-3,6-7,12H,4-5,8H2,1H3,(H2,26,32)(H,27,31)/t12-,18?/m0/s1. The maximum atomic E-state index is 15.1. The van der Waals surface area contributed by atoms with Gasteiger partial charge in [-0.3, -0.25) is 4.79 Å². The molecule has 1 saturated heterocycles. The Bertz CT molecular complexity index is 1070. The Labute approximate surface area is 188 Å². The van der Waals surface area contributed by atoms with Gasteiger partial charge in [0, 0.05) is 37.0 Å². The fraction of sp³-hybridized carbons (Fsp3) is 0.368. The van der Waals surface area contributed by atoms with Crippen molar-refractivity contribution in [3.8, 4) is 6.01 Å². The predicted molar refractivity (Wildman–Crippen MR) is 104 cm³/mol. The number of amides is 3. The SMILES string of the molecule is CC1([C@@H](c2cnc(OCC(F)(F)F)nc2)c2ccc(F)c(Cl)c2F)C(=O)NCCN1C(N)=O. The molecule has 3 amide bonds. The van der Waals surface area contributed by atoms with Gasteiger partial charge in [-0.15, -0.1) is 0 Å². The van der Waals surface area contributed by atoms with Crippen LogP contribution in [0, 0.1) is 11.6 Å². The van der Waals surface area contributed by atoms with Gasteiger partial charge in [0.1, 0.15) is 22.2 Å². The molecule has 178 valence electrons. The number of carbonyl (C=O) groups is 2. The summed E-state index contributed by atoms with van der Waals surface area (Å²) in [6, 6.07) is 0.282. The Morgan fingerprint density at radius 3 is 2.55 bits per heavy atom. The first-order valence-electron chi connectivity index (χ1n) is 9.36. The largest absolute Gasteiger partial charge is 0.454 e. The molecular formula is C19H17ClF5N5O3. The number of alkyl halides is 3. The van der Waals surface area contributed by atoms with Gasteiger partial charge in [-0.2, -0.15) is 13.2 Å². The van der Waals surface area contributed by atoms with Crippen LogP contribution >= 0.6 is 11.6 Å². The van der Waals surface area contributed by atoms with E-state index in [1.165, 1.54) is 6.92 Å². The lowest BCUT2D eigenvalue weighted by molar-refractivity contribution is -0.154. The number of urea groups is 1. The van der Waals surface area contributed by atoms with Crippen molar-refractivity contribution in [1.82, 2.24) is 20.2 Å². The number of nitrogens with two attached hydrogens (primary N) is 1. The fourth-order valence-corrected chi connectivity index (χ4v) is 3.88. The third-order valence-corrected chi connectivity index (χ3v) is 5.54. The van der Waals surface area contributed by atoms with Crippen molar-refractivity contribution in [2.45, 2.75) is 24.6 Å². The highest BCUT2D eigenvalue weighted by atomic mass is 35.5. The molecule has 0 saturated carbocycles.